The normalized spacial score (nSPS) is 10.7. The van der Waals surface area contributed by atoms with Crippen molar-refractivity contribution in [1.82, 2.24) is 5.27 Å². The number of thioether (sulfide) groups is 1. The summed E-state index contributed by atoms with van der Waals surface area (Å²) in [7, 11) is 0. The number of aryl methyl sites for hydroxylation is 2. The van der Waals surface area contributed by atoms with Gasteiger partial charge < -0.3 is 14.9 Å². The molecule has 6 nitrogen and oxygen atoms in total. The average molecular weight is 369 g/mol. The number of hydrogen-bond acceptors (Lipinski definition) is 5. The number of amides is 1. The van der Waals surface area contributed by atoms with E-state index in [1.54, 1.807) is 0 Å². The molecule has 26 heavy (non-hydrogen) atoms. The number of anilines is 1. The minimum atomic E-state index is -0.506. The summed E-state index contributed by atoms with van der Waals surface area (Å²) in [6, 6.07) is 15.2. The van der Waals surface area contributed by atoms with Gasteiger partial charge in [0.15, 0.2) is 5.95 Å². The van der Waals surface area contributed by atoms with Gasteiger partial charge in [-0.05, 0) is 35.7 Å². The zero-order valence-electron chi connectivity index (χ0n) is 14.6. The van der Waals surface area contributed by atoms with Gasteiger partial charge in [0, 0.05) is 30.0 Å². The minimum Gasteiger partial charge on any atom is -0.538 e. The van der Waals surface area contributed by atoms with Gasteiger partial charge in [0.1, 0.15) is 0 Å². The summed E-state index contributed by atoms with van der Waals surface area (Å²) in [6.07, 6.45) is 0.275. The van der Waals surface area contributed by atoms with Crippen LogP contribution >= 0.6 is 11.8 Å². The molecule has 0 unspecified atom stereocenters. The second-order valence-electron chi connectivity index (χ2n) is 5.88. The molecule has 2 aromatic carbocycles. The molecule has 1 amide bonds. The van der Waals surface area contributed by atoms with Crippen LogP contribution in [0.1, 0.15) is 17.5 Å². The molecule has 0 radical (unpaired) electrons. The van der Waals surface area contributed by atoms with Gasteiger partial charge >= 0.3 is 0 Å². The number of rotatable bonds is 6. The molecule has 134 valence electrons. The molecule has 0 spiro atoms. The van der Waals surface area contributed by atoms with Gasteiger partial charge in [-0.15, -0.1) is 0 Å². The first-order chi connectivity index (χ1) is 12.5. The maximum absolute atomic E-state index is 12.2. The zero-order chi connectivity index (χ0) is 18.5. The van der Waals surface area contributed by atoms with Crippen molar-refractivity contribution in [3.63, 3.8) is 0 Å². The SMILES string of the molecule is Cc1ccc(C)c(NC(=O)CCSc2c([O-])on[n+]2-c2ccccc2)c1. The summed E-state index contributed by atoms with van der Waals surface area (Å²) in [5.74, 6) is -0.157. The summed E-state index contributed by atoms with van der Waals surface area (Å²) >= 11 is 1.25. The highest BCUT2D eigenvalue weighted by atomic mass is 32.2. The van der Waals surface area contributed by atoms with Crippen LogP contribution in [0.25, 0.3) is 5.69 Å². The van der Waals surface area contributed by atoms with Crippen LogP contribution < -0.4 is 15.1 Å². The number of aromatic nitrogens is 2. The van der Waals surface area contributed by atoms with E-state index in [2.05, 4.69) is 10.6 Å². The molecule has 0 aliphatic carbocycles. The second-order valence-corrected chi connectivity index (χ2v) is 6.96. The molecule has 0 aliphatic rings. The van der Waals surface area contributed by atoms with E-state index in [-0.39, 0.29) is 12.3 Å². The molecule has 0 saturated heterocycles. The summed E-state index contributed by atoms with van der Waals surface area (Å²) in [5.41, 5.74) is 3.65. The van der Waals surface area contributed by atoms with Gasteiger partial charge in [0.25, 0.3) is 5.03 Å². The Morgan fingerprint density at radius 3 is 2.77 bits per heavy atom. The highest BCUT2D eigenvalue weighted by molar-refractivity contribution is 7.99. The summed E-state index contributed by atoms with van der Waals surface area (Å²) in [6.45, 7) is 3.93. The van der Waals surface area contributed by atoms with E-state index < -0.39 is 5.95 Å². The molecular weight excluding hydrogens is 350 g/mol. The topological polar surface area (TPSA) is 82.1 Å². The number of benzene rings is 2. The first kappa shape index (κ1) is 18.0. The lowest BCUT2D eigenvalue weighted by molar-refractivity contribution is -0.705. The first-order valence-corrected chi connectivity index (χ1v) is 9.17. The van der Waals surface area contributed by atoms with Crippen LogP contribution in [0.4, 0.5) is 5.69 Å². The average Bonchev–Trinajstić information content (AvgIpc) is 3.00. The highest BCUT2D eigenvalue weighted by Gasteiger charge is 2.21. The molecule has 1 heterocycles. The largest absolute Gasteiger partial charge is 0.538 e. The Morgan fingerprint density at radius 1 is 1.23 bits per heavy atom. The van der Waals surface area contributed by atoms with Gasteiger partial charge in [0.2, 0.25) is 11.6 Å². The molecule has 3 rings (SSSR count). The van der Waals surface area contributed by atoms with Gasteiger partial charge in [-0.3, -0.25) is 4.79 Å². The standard InChI is InChI=1S/C19H19N3O3S/c1-13-8-9-14(2)16(12-13)20-17(23)10-11-26-18-19(24)25-21-22(18)15-6-4-3-5-7-15/h3-9,12H,10-11H2,1-2H3,(H-,20,21,23,24). The Hall–Kier alpha value is -2.80. The van der Waals surface area contributed by atoms with E-state index in [0.717, 1.165) is 22.5 Å². The fourth-order valence-electron chi connectivity index (χ4n) is 2.42. The Bertz CT molecular complexity index is 910. The number of nitrogens with one attached hydrogen (secondary N) is 1. The fraction of sp³-hybridized carbons (Fsp3) is 0.211. The summed E-state index contributed by atoms with van der Waals surface area (Å²) < 4.78 is 6.22. The smallest absolute Gasteiger partial charge is 0.297 e. The Kier molecular flexibility index (Phi) is 5.58. The molecule has 0 saturated carbocycles. The zero-order valence-corrected chi connectivity index (χ0v) is 15.4. The molecule has 7 heteroatoms. The van der Waals surface area contributed by atoms with E-state index in [4.69, 9.17) is 4.52 Å². The van der Waals surface area contributed by atoms with Crippen LogP contribution in [0, 0.1) is 13.8 Å². The van der Waals surface area contributed by atoms with Crippen LogP contribution in [0.5, 0.6) is 5.95 Å². The summed E-state index contributed by atoms with van der Waals surface area (Å²) in [5, 5.41) is 18.9. The number of carbonyl (C=O) groups is 1. The van der Waals surface area contributed by atoms with Gasteiger partial charge in [0.05, 0.1) is 5.27 Å². The lowest BCUT2D eigenvalue weighted by Crippen LogP contribution is -2.34. The van der Waals surface area contributed by atoms with E-state index in [0.29, 0.717) is 10.8 Å². The van der Waals surface area contributed by atoms with Crippen molar-refractivity contribution in [3.8, 4) is 11.6 Å². The second kappa shape index (κ2) is 8.05. The fourth-order valence-corrected chi connectivity index (χ4v) is 3.31. The first-order valence-electron chi connectivity index (χ1n) is 8.19. The highest BCUT2D eigenvalue weighted by Crippen LogP contribution is 2.24. The molecule has 0 bridgehead atoms. The predicted octanol–water partition coefficient (Wildman–Crippen LogP) is 2.76. The quantitative estimate of drug-likeness (QED) is 0.534. The number of nitrogens with zero attached hydrogens (tertiary/aromatic N) is 2. The van der Waals surface area contributed by atoms with E-state index >= 15 is 0 Å². The molecule has 3 aromatic rings. The number of carbonyl (C=O) groups excluding carboxylic acids is 1. The number of para-hydroxylation sites is 1. The third-order valence-electron chi connectivity index (χ3n) is 3.81. The predicted molar refractivity (Wildman–Crippen MR) is 97.4 cm³/mol. The van der Waals surface area contributed by atoms with Crippen LogP contribution in [0.2, 0.25) is 0 Å². The van der Waals surface area contributed by atoms with Gasteiger partial charge in [-0.1, -0.05) is 42.1 Å². The minimum absolute atomic E-state index is 0.0960. The molecule has 0 atom stereocenters. The van der Waals surface area contributed by atoms with Crippen LogP contribution in [0.3, 0.4) is 0 Å². The molecular formula is C19H19N3O3S. The maximum Gasteiger partial charge on any atom is 0.297 e. The van der Waals surface area contributed by atoms with E-state index in [1.807, 2.05) is 62.4 Å². The lowest BCUT2D eigenvalue weighted by atomic mass is 10.1. The Labute approximate surface area is 155 Å². The van der Waals surface area contributed by atoms with Crippen molar-refractivity contribution in [1.29, 1.82) is 0 Å². The third-order valence-corrected chi connectivity index (χ3v) is 4.83. The van der Waals surface area contributed by atoms with Crippen LogP contribution in [0.15, 0.2) is 58.1 Å². The monoisotopic (exact) mass is 369 g/mol. The molecule has 0 aliphatic heterocycles. The van der Waals surface area contributed by atoms with Crippen molar-refractivity contribution in [2.24, 2.45) is 0 Å². The van der Waals surface area contributed by atoms with E-state index in [9.17, 15) is 9.90 Å². The molecule has 0 fully saturated rings. The lowest BCUT2D eigenvalue weighted by Gasteiger charge is -2.09. The molecule has 1 N–H and O–H groups in total. The van der Waals surface area contributed by atoms with Crippen molar-refractivity contribution in [3.05, 3.63) is 59.7 Å². The van der Waals surface area contributed by atoms with Crippen molar-refractivity contribution in [2.75, 3.05) is 11.1 Å². The Morgan fingerprint density at radius 2 is 2.00 bits per heavy atom. The third kappa shape index (κ3) is 4.23. The Balaban J connectivity index is 1.61. The van der Waals surface area contributed by atoms with Crippen molar-refractivity contribution < 1.29 is 19.1 Å². The van der Waals surface area contributed by atoms with Gasteiger partial charge in [-0.2, -0.15) is 0 Å². The van der Waals surface area contributed by atoms with Crippen molar-refractivity contribution >= 4 is 23.4 Å². The van der Waals surface area contributed by atoms with Gasteiger partial charge in [-0.25, -0.2) is 0 Å². The van der Waals surface area contributed by atoms with Crippen LogP contribution in [-0.2, 0) is 4.79 Å². The number of hydrogen-bond donors (Lipinski definition) is 1. The molecule has 1 aromatic heterocycles. The summed E-state index contributed by atoms with van der Waals surface area (Å²) in [4.78, 5) is 12.2. The maximum atomic E-state index is 12.2. The van der Waals surface area contributed by atoms with Crippen LogP contribution in [-0.4, -0.2) is 16.9 Å². The van der Waals surface area contributed by atoms with E-state index in [1.165, 1.54) is 16.4 Å². The van der Waals surface area contributed by atoms with Crippen molar-refractivity contribution in [2.45, 2.75) is 25.3 Å².